The molecule has 0 spiro atoms. The molecule has 24 heavy (non-hydrogen) atoms. The van der Waals surface area contributed by atoms with E-state index >= 15 is 0 Å². The van der Waals surface area contributed by atoms with Crippen molar-refractivity contribution < 1.29 is 9.18 Å². The minimum Gasteiger partial charge on any atom is -0.330 e. The molecular formula is C18H15BrFN3O. The van der Waals surface area contributed by atoms with E-state index in [9.17, 15) is 9.18 Å². The highest BCUT2D eigenvalue weighted by Crippen LogP contribution is 2.31. The summed E-state index contributed by atoms with van der Waals surface area (Å²) in [7, 11) is 0. The Morgan fingerprint density at radius 2 is 2.17 bits per heavy atom. The zero-order chi connectivity index (χ0) is 16.8. The maximum absolute atomic E-state index is 13.9. The lowest BCUT2D eigenvalue weighted by Crippen LogP contribution is -2.39. The summed E-state index contributed by atoms with van der Waals surface area (Å²) in [6.45, 7) is 2.42. The Kier molecular flexibility index (Phi) is 3.64. The lowest BCUT2D eigenvalue weighted by molar-refractivity contribution is 0.0669. The van der Waals surface area contributed by atoms with Gasteiger partial charge in [-0.15, -0.1) is 0 Å². The molecular weight excluding hydrogens is 373 g/mol. The second-order valence-electron chi connectivity index (χ2n) is 5.98. The number of benzene rings is 1. The van der Waals surface area contributed by atoms with Crippen molar-refractivity contribution in [1.82, 2.24) is 14.5 Å². The largest absolute Gasteiger partial charge is 0.330 e. The Balaban J connectivity index is 1.69. The van der Waals surface area contributed by atoms with Gasteiger partial charge in [-0.2, -0.15) is 5.10 Å². The molecule has 6 heteroatoms. The van der Waals surface area contributed by atoms with Crippen molar-refractivity contribution in [2.45, 2.75) is 19.4 Å². The summed E-state index contributed by atoms with van der Waals surface area (Å²) >= 11 is 3.40. The second kappa shape index (κ2) is 5.70. The lowest BCUT2D eigenvalue weighted by Gasteiger charge is -2.35. The minimum absolute atomic E-state index is 0.128. The molecule has 122 valence electrons. The third-order valence-electron chi connectivity index (χ3n) is 4.58. The van der Waals surface area contributed by atoms with Gasteiger partial charge in [0.1, 0.15) is 5.82 Å². The predicted molar refractivity (Wildman–Crippen MR) is 92.4 cm³/mol. The van der Waals surface area contributed by atoms with Gasteiger partial charge in [0.25, 0.3) is 5.91 Å². The Bertz CT molecular complexity index is 953. The summed E-state index contributed by atoms with van der Waals surface area (Å²) in [6.07, 6.45) is 2.34. The first-order valence-electron chi connectivity index (χ1n) is 7.78. The molecule has 1 aliphatic heterocycles. The average molecular weight is 388 g/mol. The van der Waals surface area contributed by atoms with Crippen molar-refractivity contribution in [2.75, 3.05) is 6.54 Å². The number of fused-ring (bicyclic) bond motifs is 2. The fourth-order valence-corrected chi connectivity index (χ4v) is 3.64. The predicted octanol–water partition coefficient (Wildman–Crippen LogP) is 4.00. The van der Waals surface area contributed by atoms with Crippen molar-refractivity contribution in [3.8, 4) is 0 Å². The van der Waals surface area contributed by atoms with Crippen molar-refractivity contribution >= 4 is 27.4 Å². The van der Waals surface area contributed by atoms with Crippen molar-refractivity contribution in [2.24, 2.45) is 0 Å². The topological polar surface area (TPSA) is 37.6 Å². The molecule has 1 unspecified atom stereocenters. The maximum atomic E-state index is 13.9. The van der Waals surface area contributed by atoms with Crippen molar-refractivity contribution in [1.29, 1.82) is 0 Å². The van der Waals surface area contributed by atoms with E-state index in [1.807, 2.05) is 31.3 Å². The molecule has 1 atom stereocenters. The number of carbonyl (C=O) groups is 1. The number of rotatable bonds is 1. The molecule has 1 aromatic carbocycles. The first-order valence-corrected chi connectivity index (χ1v) is 8.57. The molecule has 0 aliphatic carbocycles. The number of carbonyl (C=O) groups excluding carboxylic acids is 1. The normalized spacial score (nSPS) is 17.1. The van der Waals surface area contributed by atoms with E-state index in [1.54, 1.807) is 21.5 Å². The van der Waals surface area contributed by atoms with Crippen LogP contribution in [0.5, 0.6) is 0 Å². The van der Waals surface area contributed by atoms with E-state index in [-0.39, 0.29) is 17.8 Å². The van der Waals surface area contributed by atoms with Gasteiger partial charge in [-0.1, -0.05) is 12.1 Å². The monoisotopic (exact) mass is 387 g/mol. The van der Waals surface area contributed by atoms with E-state index in [1.165, 1.54) is 6.07 Å². The van der Waals surface area contributed by atoms with Gasteiger partial charge < -0.3 is 4.90 Å². The molecule has 0 radical (unpaired) electrons. The number of hydrogen-bond donors (Lipinski definition) is 0. The van der Waals surface area contributed by atoms with Crippen LogP contribution in [0.25, 0.3) is 5.52 Å². The van der Waals surface area contributed by atoms with Gasteiger partial charge in [0.05, 0.1) is 11.6 Å². The zero-order valence-corrected chi connectivity index (χ0v) is 14.6. The number of pyridine rings is 1. The van der Waals surface area contributed by atoms with Gasteiger partial charge in [-0.3, -0.25) is 4.79 Å². The number of hydrogen-bond acceptors (Lipinski definition) is 2. The molecule has 1 amide bonds. The number of halogens is 2. The summed E-state index contributed by atoms with van der Waals surface area (Å²) in [5.74, 6) is -0.318. The molecule has 0 fully saturated rings. The smallest absolute Gasteiger partial charge is 0.274 e. The SMILES string of the molecule is CC1c2cccc(F)c2CCN1C(=O)c1cc2ccc(Br)cn2n1. The zero-order valence-electron chi connectivity index (χ0n) is 13.0. The Morgan fingerprint density at radius 3 is 3.00 bits per heavy atom. The number of aromatic nitrogens is 2. The molecule has 0 bridgehead atoms. The molecule has 0 saturated heterocycles. The first kappa shape index (κ1) is 15.3. The van der Waals surface area contributed by atoms with Gasteiger partial charge >= 0.3 is 0 Å². The van der Waals surface area contributed by atoms with Crippen LogP contribution in [0.15, 0.2) is 47.1 Å². The molecule has 4 rings (SSSR count). The van der Waals surface area contributed by atoms with E-state index in [4.69, 9.17) is 0 Å². The Morgan fingerprint density at radius 1 is 1.33 bits per heavy atom. The third-order valence-corrected chi connectivity index (χ3v) is 5.05. The maximum Gasteiger partial charge on any atom is 0.274 e. The van der Waals surface area contributed by atoms with Gasteiger partial charge in [0.2, 0.25) is 0 Å². The highest BCUT2D eigenvalue weighted by atomic mass is 79.9. The average Bonchev–Trinajstić information content (AvgIpc) is 2.98. The standard InChI is InChI=1S/C18H15BrFN3O/c1-11-14-3-2-4-16(20)15(14)7-8-22(11)18(24)17-9-13-6-5-12(19)10-23(13)21-17/h2-6,9-11H,7-8H2,1H3. The molecule has 3 aromatic rings. The Hall–Kier alpha value is -2.21. The summed E-state index contributed by atoms with van der Waals surface area (Å²) in [4.78, 5) is 14.7. The van der Waals surface area contributed by atoms with Crippen LogP contribution in [0.1, 0.15) is 34.6 Å². The summed E-state index contributed by atoms with van der Waals surface area (Å²) < 4.78 is 16.5. The fraction of sp³-hybridized carbons (Fsp3) is 0.222. The highest BCUT2D eigenvalue weighted by Gasteiger charge is 2.30. The molecule has 0 saturated carbocycles. The van der Waals surface area contributed by atoms with Gasteiger partial charge in [0.15, 0.2) is 5.69 Å². The number of amides is 1. The second-order valence-corrected chi connectivity index (χ2v) is 6.89. The minimum atomic E-state index is -0.191. The summed E-state index contributed by atoms with van der Waals surface area (Å²) in [6, 6.07) is 10.5. The molecule has 0 N–H and O–H groups in total. The third kappa shape index (κ3) is 2.41. The van der Waals surface area contributed by atoms with Crippen LogP contribution >= 0.6 is 15.9 Å². The molecule has 1 aliphatic rings. The molecule has 4 nitrogen and oxygen atoms in total. The Labute approximate surface area is 147 Å². The van der Waals surface area contributed by atoms with E-state index < -0.39 is 0 Å². The van der Waals surface area contributed by atoms with Crippen LogP contribution < -0.4 is 0 Å². The summed E-state index contributed by atoms with van der Waals surface area (Å²) in [5.41, 5.74) is 2.85. The van der Waals surface area contributed by atoms with Crippen molar-refractivity contribution in [3.05, 3.63) is 69.7 Å². The van der Waals surface area contributed by atoms with Crippen molar-refractivity contribution in [3.63, 3.8) is 0 Å². The van der Waals surface area contributed by atoms with E-state index in [2.05, 4.69) is 21.0 Å². The van der Waals surface area contributed by atoms with Crippen LogP contribution in [0.2, 0.25) is 0 Å². The van der Waals surface area contributed by atoms with Crippen LogP contribution in [0, 0.1) is 5.82 Å². The molecule has 2 aromatic heterocycles. The summed E-state index contributed by atoms with van der Waals surface area (Å²) in [5, 5.41) is 4.38. The van der Waals surface area contributed by atoms with Gasteiger partial charge in [0, 0.05) is 17.2 Å². The lowest BCUT2D eigenvalue weighted by atomic mass is 9.93. The van der Waals surface area contributed by atoms with Crippen LogP contribution in [-0.4, -0.2) is 27.0 Å². The van der Waals surface area contributed by atoms with Crippen LogP contribution in [0.4, 0.5) is 4.39 Å². The van der Waals surface area contributed by atoms with Crippen LogP contribution in [-0.2, 0) is 6.42 Å². The number of nitrogens with zero attached hydrogens (tertiary/aromatic N) is 3. The van der Waals surface area contributed by atoms with Gasteiger partial charge in [-0.05, 0) is 64.7 Å². The highest BCUT2D eigenvalue weighted by molar-refractivity contribution is 9.10. The fourth-order valence-electron chi connectivity index (χ4n) is 3.31. The van der Waals surface area contributed by atoms with Gasteiger partial charge in [-0.25, -0.2) is 8.91 Å². The van der Waals surface area contributed by atoms with Crippen LogP contribution in [0.3, 0.4) is 0 Å². The first-order chi connectivity index (χ1) is 11.5. The quantitative estimate of drug-likeness (QED) is 0.632. The van der Waals surface area contributed by atoms with E-state index in [0.29, 0.717) is 24.2 Å². The van der Waals surface area contributed by atoms with E-state index in [0.717, 1.165) is 15.6 Å². The molecule has 3 heterocycles.